The van der Waals surface area contributed by atoms with E-state index in [0.29, 0.717) is 12.1 Å². The van der Waals surface area contributed by atoms with Crippen LogP contribution in [0.2, 0.25) is 0 Å². The van der Waals surface area contributed by atoms with Gasteiger partial charge in [0.15, 0.2) is 0 Å². The van der Waals surface area contributed by atoms with E-state index in [2.05, 4.69) is 10.3 Å². The number of carbonyl (C=O) groups is 1. The van der Waals surface area contributed by atoms with E-state index in [1.54, 1.807) is 13.3 Å². The van der Waals surface area contributed by atoms with Crippen LogP contribution in [0, 0.1) is 0 Å². The lowest BCUT2D eigenvalue weighted by Crippen LogP contribution is -2.22. The summed E-state index contributed by atoms with van der Waals surface area (Å²) in [4.78, 5) is 15.4. The van der Waals surface area contributed by atoms with Gasteiger partial charge in [-0.3, -0.25) is 4.79 Å². The zero-order valence-electron chi connectivity index (χ0n) is 11.7. The Hall–Kier alpha value is -2.75. The second-order valence-corrected chi connectivity index (χ2v) is 4.74. The van der Waals surface area contributed by atoms with Gasteiger partial charge >= 0.3 is 0 Å². The lowest BCUT2D eigenvalue weighted by atomic mass is 10.1. The molecule has 0 aliphatic carbocycles. The second kappa shape index (κ2) is 5.71. The quantitative estimate of drug-likeness (QED) is 0.771. The largest absolute Gasteiger partial charge is 0.496 e. The maximum absolute atomic E-state index is 12.3. The summed E-state index contributed by atoms with van der Waals surface area (Å²) in [5.41, 5.74) is 2.56. The van der Waals surface area contributed by atoms with E-state index in [1.807, 2.05) is 48.5 Å². The number of rotatable bonds is 4. The average Bonchev–Trinajstić information content (AvgIpc) is 2.97. The van der Waals surface area contributed by atoms with Gasteiger partial charge < -0.3 is 15.0 Å². The minimum Gasteiger partial charge on any atom is -0.496 e. The van der Waals surface area contributed by atoms with Crippen LogP contribution >= 0.6 is 0 Å². The summed E-state index contributed by atoms with van der Waals surface area (Å²) in [5, 5.41) is 3.86. The molecule has 0 radical (unpaired) electrons. The number of H-pyrrole nitrogens is 1. The van der Waals surface area contributed by atoms with E-state index in [-0.39, 0.29) is 5.91 Å². The highest BCUT2D eigenvalue weighted by molar-refractivity contribution is 6.06. The third-order valence-corrected chi connectivity index (χ3v) is 3.47. The Kier molecular flexibility index (Phi) is 3.60. The molecule has 0 bridgehead atoms. The summed E-state index contributed by atoms with van der Waals surface area (Å²) in [6.07, 6.45) is 1.74. The summed E-state index contributed by atoms with van der Waals surface area (Å²) in [6, 6.07) is 15.4. The van der Waals surface area contributed by atoms with Crippen molar-refractivity contribution in [3.8, 4) is 5.75 Å². The van der Waals surface area contributed by atoms with Crippen LogP contribution in [0.25, 0.3) is 10.9 Å². The third kappa shape index (κ3) is 2.60. The number of ether oxygens (including phenoxy) is 1. The average molecular weight is 280 g/mol. The molecule has 4 nitrogen and oxygen atoms in total. The summed E-state index contributed by atoms with van der Waals surface area (Å²) in [6.45, 7) is 0.433. The smallest absolute Gasteiger partial charge is 0.253 e. The van der Waals surface area contributed by atoms with E-state index < -0.39 is 0 Å². The molecule has 0 saturated carbocycles. The lowest BCUT2D eigenvalue weighted by molar-refractivity contribution is 0.0952. The van der Waals surface area contributed by atoms with Gasteiger partial charge in [0.1, 0.15) is 5.75 Å². The zero-order chi connectivity index (χ0) is 14.7. The molecular formula is C17H16N2O2. The van der Waals surface area contributed by atoms with Gasteiger partial charge in [-0.2, -0.15) is 0 Å². The van der Waals surface area contributed by atoms with Crippen molar-refractivity contribution < 1.29 is 9.53 Å². The lowest BCUT2D eigenvalue weighted by Gasteiger charge is -2.09. The van der Waals surface area contributed by atoms with Crippen LogP contribution in [0.15, 0.2) is 54.7 Å². The first-order valence-electron chi connectivity index (χ1n) is 6.76. The van der Waals surface area contributed by atoms with Crippen molar-refractivity contribution in [3.63, 3.8) is 0 Å². The van der Waals surface area contributed by atoms with Crippen LogP contribution in [0.4, 0.5) is 0 Å². The molecular weight excluding hydrogens is 264 g/mol. The molecule has 0 aliphatic heterocycles. The number of benzene rings is 2. The third-order valence-electron chi connectivity index (χ3n) is 3.47. The number of para-hydroxylation sites is 2. The van der Waals surface area contributed by atoms with Crippen molar-refractivity contribution in [2.24, 2.45) is 0 Å². The summed E-state index contributed by atoms with van der Waals surface area (Å²) < 4.78 is 5.28. The fourth-order valence-corrected chi connectivity index (χ4v) is 2.38. The fraction of sp³-hybridized carbons (Fsp3) is 0.118. The molecule has 1 amide bonds. The summed E-state index contributed by atoms with van der Waals surface area (Å²) in [7, 11) is 1.63. The standard InChI is InChI=1S/C17H16N2O2/c1-21-16-9-5-2-6-12(16)10-19-17(20)14-11-18-15-8-4-3-7-13(14)15/h2-9,11,18H,10H2,1H3,(H,19,20). The first kappa shape index (κ1) is 13.2. The van der Waals surface area contributed by atoms with Crippen molar-refractivity contribution in [2.45, 2.75) is 6.54 Å². The van der Waals surface area contributed by atoms with Gasteiger partial charge in [0.25, 0.3) is 5.91 Å². The molecule has 3 aromatic rings. The van der Waals surface area contributed by atoms with Gasteiger partial charge in [-0.25, -0.2) is 0 Å². The number of hydrogen-bond acceptors (Lipinski definition) is 2. The van der Waals surface area contributed by atoms with Crippen LogP contribution in [-0.4, -0.2) is 18.0 Å². The molecule has 3 rings (SSSR count). The summed E-state index contributed by atoms with van der Waals surface area (Å²) in [5.74, 6) is 0.676. The molecule has 2 aromatic carbocycles. The Morgan fingerprint density at radius 3 is 2.76 bits per heavy atom. The number of hydrogen-bond donors (Lipinski definition) is 2. The van der Waals surface area contributed by atoms with E-state index in [1.165, 1.54) is 0 Å². The molecule has 1 aromatic heterocycles. The van der Waals surface area contributed by atoms with Crippen LogP contribution in [-0.2, 0) is 6.54 Å². The molecule has 0 unspecified atom stereocenters. The van der Waals surface area contributed by atoms with Gasteiger partial charge in [0, 0.05) is 29.2 Å². The van der Waals surface area contributed by atoms with E-state index >= 15 is 0 Å². The molecule has 0 atom stereocenters. The monoisotopic (exact) mass is 280 g/mol. The number of amides is 1. The minimum absolute atomic E-state index is 0.0987. The number of nitrogens with one attached hydrogen (secondary N) is 2. The van der Waals surface area contributed by atoms with Crippen LogP contribution in [0.3, 0.4) is 0 Å². The second-order valence-electron chi connectivity index (χ2n) is 4.74. The SMILES string of the molecule is COc1ccccc1CNC(=O)c1c[nH]c2ccccc12. The first-order chi connectivity index (χ1) is 10.3. The minimum atomic E-state index is -0.0987. The van der Waals surface area contributed by atoms with Crippen molar-refractivity contribution in [1.29, 1.82) is 0 Å². The Bertz CT molecular complexity index is 777. The molecule has 0 spiro atoms. The predicted molar refractivity (Wildman–Crippen MR) is 82.5 cm³/mol. The van der Waals surface area contributed by atoms with E-state index in [4.69, 9.17) is 4.74 Å². The number of carbonyl (C=O) groups excluding carboxylic acids is 1. The van der Waals surface area contributed by atoms with Gasteiger partial charge in [-0.05, 0) is 12.1 Å². The molecule has 1 heterocycles. The maximum Gasteiger partial charge on any atom is 0.253 e. The number of methoxy groups -OCH3 is 1. The predicted octanol–water partition coefficient (Wildman–Crippen LogP) is 3.11. The fourth-order valence-electron chi connectivity index (χ4n) is 2.38. The number of aromatic nitrogens is 1. The molecule has 0 fully saturated rings. The maximum atomic E-state index is 12.3. The van der Waals surface area contributed by atoms with Crippen LogP contribution < -0.4 is 10.1 Å². The molecule has 2 N–H and O–H groups in total. The highest BCUT2D eigenvalue weighted by Gasteiger charge is 2.12. The molecule has 0 aliphatic rings. The normalized spacial score (nSPS) is 10.5. The zero-order valence-corrected chi connectivity index (χ0v) is 11.7. The first-order valence-corrected chi connectivity index (χ1v) is 6.76. The number of aromatic amines is 1. The van der Waals surface area contributed by atoms with Crippen molar-refractivity contribution in [2.75, 3.05) is 7.11 Å². The highest BCUT2D eigenvalue weighted by atomic mass is 16.5. The van der Waals surface area contributed by atoms with Crippen LogP contribution in [0.5, 0.6) is 5.75 Å². The Balaban J connectivity index is 1.78. The van der Waals surface area contributed by atoms with E-state index in [0.717, 1.165) is 22.2 Å². The van der Waals surface area contributed by atoms with Crippen molar-refractivity contribution in [1.82, 2.24) is 10.3 Å². The highest BCUT2D eigenvalue weighted by Crippen LogP contribution is 2.19. The number of fused-ring (bicyclic) bond motifs is 1. The molecule has 21 heavy (non-hydrogen) atoms. The summed E-state index contributed by atoms with van der Waals surface area (Å²) >= 11 is 0. The van der Waals surface area contributed by atoms with Crippen molar-refractivity contribution >= 4 is 16.8 Å². The van der Waals surface area contributed by atoms with Crippen LogP contribution in [0.1, 0.15) is 15.9 Å². The Labute approximate surface area is 122 Å². The van der Waals surface area contributed by atoms with E-state index in [9.17, 15) is 4.79 Å². The van der Waals surface area contributed by atoms with Gasteiger partial charge in [-0.1, -0.05) is 36.4 Å². The van der Waals surface area contributed by atoms with Gasteiger partial charge in [-0.15, -0.1) is 0 Å². The molecule has 0 saturated heterocycles. The topological polar surface area (TPSA) is 54.1 Å². The Morgan fingerprint density at radius 2 is 1.90 bits per heavy atom. The van der Waals surface area contributed by atoms with Gasteiger partial charge in [0.05, 0.1) is 12.7 Å². The molecule has 4 heteroatoms. The Morgan fingerprint density at radius 1 is 1.14 bits per heavy atom. The van der Waals surface area contributed by atoms with Crippen molar-refractivity contribution in [3.05, 3.63) is 65.9 Å². The molecule has 106 valence electrons. The van der Waals surface area contributed by atoms with Gasteiger partial charge in [0.2, 0.25) is 0 Å².